The van der Waals surface area contributed by atoms with Crippen molar-refractivity contribution in [1.29, 1.82) is 0 Å². The number of nitrogens with zero attached hydrogens (tertiary/aromatic N) is 3. The van der Waals surface area contributed by atoms with Crippen LogP contribution in [0.4, 0.5) is 5.69 Å². The van der Waals surface area contributed by atoms with Crippen LogP contribution < -0.4 is 25.0 Å². The molecule has 0 aromatic heterocycles. The summed E-state index contributed by atoms with van der Waals surface area (Å²) in [5.74, 6) is 4.23. The molecule has 2 heterocycles. The summed E-state index contributed by atoms with van der Waals surface area (Å²) in [5.41, 5.74) is 1.16. The number of benzene rings is 1. The number of likely N-dealkylation sites (tertiary alicyclic amines) is 1. The molecule has 0 radical (unpaired) electrons. The average Bonchev–Trinajstić information content (AvgIpc) is 2.80. The number of hydrogen-bond acceptors (Lipinski definition) is 5. The van der Waals surface area contributed by atoms with Crippen molar-refractivity contribution in [2.24, 2.45) is 16.8 Å². The van der Waals surface area contributed by atoms with Crippen molar-refractivity contribution in [3.05, 3.63) is 18.2 Å². The number of anilines is 1. The van der Waals surface area contributed by atoms with Gasteiger partial charge in [-0.15, -0.1) is 0 Å². The van der Waals surface area contributed by atoms with Crippen LogP contribution in [0.25, 0.3) is 0 Å². The number of nitrogens with one attached hydrogen (secondary N) is 2. The number of methoxy groups -OCH3 is 2. The Morgan fingerprint density at radius 1 is 1.03 bits per heavy atom. The first-order valence-electron chi connectivity index (χ1n) is 12.2. The SMILES string of the molecule is CN=C(NCCCN1CC(C)CC(C)C1)NC1CCN(c2cc(OC)cc(OC)c2)CC1. The molecular formula is C25H43N5O2. The Morgan fingerprint density at radius 3 is 2.22 bits per heavy atom. The first kappa shape index (κ1) is 24.5. The molecule has 0 bridgehead atoms. The largest absolute Gasteiger partial charge is 0.497 e. The molecule has 2 N–H and O–H groups in total. The summed E-state index contributed by atoms with van der Waals surface area (Å²) >= 11 is 0. The van der Waals surface area contributed by atoms with E-state index in [1.165, 1.54) is 26.1 Å². The molecule has 2 aliphatic rings. The minimum atomic E-state index is 0.439. The highest BCUT2D eigenvalue weighted by Crippen LogP contribution is 2.30. The van der Waals surface area contributed by atoms with Crippen LogP contribution in [0.1, 0.15) is 39.5 Å². The zero-order chi connectivity index (χ0) is 22.9. The van der Waals surface area contributed by atoms with Crippen molar-refractivity contribution in [3.8, 4) is 11.5 Å². The Bertz CT molecular complexity index is 701. The number of rotatable bonds is 8. The number of guanidine groups is 1. The fourth-order valence-electron chi connectivity index (χ4n) is 5.13. The molecule has 2 aliphatic heterocycles. The van der Waals surface area contributed by atoms with Gasteiger partial charge in [0, 0.05) is 69.7 Å². The number of ether oxygens (including phenoxy) is 2. The van der Waals surface area contributed by atoms with Gasteiger partial charge in [-0.3, -0.25) is 4.99 Å². The van der Waals surface area contributed by atoms with Gasteiger partial charge in [-0.25, -0.2) is 0 Å². The maximum atomic E-state index is 5.43. The van der Waals surface area contributed by atoms with E-state index in [4.69, 9.17) is 9.47 Å². The quantitative estimate of drug-likeness (QED) is 0.364. The molecule has 2 saturated heterocycles. The van der Waals surface area contributed by atoms with Crippen molar-refractivity contribution >= 4 is 11.6 Å². The molecular weight excluding hydrogens is 402 g/mol. The van der Waals surface area contributed by atoms with E-state index in [1.54, 1.807) is 14.2 Å². The Hall–Kier alpha value is -2.15. The molecule has 0 saturated carbocycles. The molecule has 180 valence electrons. The standard InChI is InChI=1S/C25H43N5O2/c1-19-13-20(2)18-29(17-19)10-6-9-27-25(26-3)28-21-7-11-30(12-8-21)22-14-23(31-4)16-24(15-22)32-5/h14-16,19-21H,6-13,17-18H2,1-5H3,(H2,26,27,28). The Labute approximate surface area is 194 Å². The summed E-state index contributed by atoms with van der Waals surface area (Å²) in [4.78, 5) is 9.48. The Balaban J connectivity index is 1.39. The highest BCUT2D eigenvalue weighted by Gasteiger charge is 2.22. The molecule has 1 aromatic carbocycles. The van der Waals surface area contributed by atoms with Gasteiger partial charge in [0.2, 0.25) is 0 Å². The van der Waals surface area contributed by atoms with Gasteiger partial charge in [0.15, 0.2) is 5.96 Å². The predicted molar refractivity (Wildman–Crippen MR) is 133 cm³/mol. The monoisotopic (exact) mass is 445 g/mol. The summed E-state index contributed by atoms with van der Waals surface area (Å²) in [6.07, 6.45) is 4.67. The molecule has 0 amide bonds. The van der Waals surface area contributed by atoms with E-state index in [-0.39, 0.29) is 0 Å². The van der Waals surface area contributed by atoms with E-state index >= 15 is 0 Å². The lowest BCUT2D eigenvalue weighted by Crippen LogP contribution is -2.49. The molecule has 2 atom stereocenters. The lowest BCUT2D eigenvalue weighted by molar-refractivity contribution is 0.140. The van der Waals surface area contributed by atoms with Gasteiger partial charge in [0.1, 0.15) is 11.5 Å². The lowest BCUT2D eigenvalue weighted by Gasteiger charge is -2.35. The fraction of sp³-hybridized carbons (Fsp3) is 0.720. The van der Waals surface area contributed by atoms with E-state index in [0.717, 1.165) is 73.9 Å². The minimum Gasteiger partial charge on any atom is -0.497 e. The van der Waals surface area contributed by atoms with Gasteiger partial charge in [-0.05, 0) is 44.1 Å². The molecule has 7 heteroatoms. The van der Waals surface area contributed by atoms with E-state index < -0.39 is 0 Å². The van der Waals surface area contributed by atoms with Gasteiger partial charge < -0.3 is 29.9 Å². The molecule has 32 heavy (non-hydrogen) atoms. The van der Waals surface area contributed by atoms with Gasteiger partial charge in [0.05, 0.1) is 14.2 Å². The summed E-state index contributed by atoms with van der Waals surface area (Å²) in [6.45, 7) is 11.4. The third-order valence-corrected chi connectivity index (χ3v) is 6.65. The molecule has 2 unspecified atom stereocenters. The van der Waals surface area contributed by atoms with Crippen molar-refractivity contribution in [2.75, 3.05) is 65.4 Å². The molecule has 3 rings (SSSR count). The highest BCUT2D eigenvalue weighted by molar-refractivity contribution is 5.80. The normalized spacial score (nSPS) is 23.2. The molecule has 2 fully saturated rings. The summed E-state index contributed by atoms with van der Waals surface area (Å²) in [6, 6.07) is 6.52. The van der Waals surface area contributed by atoms with E-state index in [9.17, 15) is 0 Å². The van der Waals surface area contributed by atoms with Crippen molar-refractivity contribution in [2.45, 2.75) is 45.6 Å². The second kappa shape index (κ2) is 12.2. The Kier molecular flexibility index (Phi) is 9.33. The van der Waals surface area contributed by atoms with Crippen LogP contribution >= 0.6 is 0 Å². The number of aliphatic imine (C=N–C) groups is 1. The first-order chi connectivity index (χ1) is 15.5. The topological polar surface area (TPSA) is 61.4 Å². The van der Waals surface area contributed by atoms with E-state index in [0.29, 0.717) is 6.04 Å². The van der Waals surface area contributed by atoms with Crippen LogP contribution in [-0.4, -0.2) is 77.4 Å². The third kappa shape index (κ3) is 7.19. The second-order valence-electron chi connectivity index (χ2n) is 9.53. The third-order valence-electron chi connectivity index (χ3n) is 6.65. The predicted octanol–water partition coefficient (Wildman–Crippen LogP) is 3.21. The molecule has 1 aromatic rings. The van der Waals surface area contributed by atoms with Crippen LogP contribution in [0.5, 0.6) is 11.5 Å². The first-order valence-corrected chi connectivity index (χ1v) is 12.2. The van der Waals surface area contributed by atoms with Crippen LogP contribution in [-0.2, 0) is 0 Å². The minimum absolute atomic E-state index is 0.439. The van der Waals surface area contributed by atoms with E-state index in [1.807, 2.05) is 13.1 Å². The number of piperidine rings is 2. The van der Waals surface area contributed by atoms with E-state index in [2.05, 4.69) is 51.4 Å². The van der Waals surface area contributed by atoms with Gasteiger partial charge >= 0.3 is 0 Å². The molecule has 7 nitrogen and oxygen atoms in total. The zero-order valence-corrected chi connectivity index (χ0v) is 20.7. The van der Waals surface area contributed by atoms with Gasteiger partial charge in [-0.1, -0.05) is 13.8 Å². The van der Waals surface area contributed by atoms with Crippen molar-refractivity contribution in [1.82, 2.24) is 15.5 Å². The maximum Gasteiger partial charge on any atom is 0.191 e. The Morgan fingerprint density at radius 2 is 1.66 bits per heavy atom. The molecule has 0 spiro atoms. The average molecular weight is 446 g/mol. The van der Waals surface area contributed by atoms with Gasteiger partial charge in [-0.2, -0.15) is 0 Å². The summed E-state index contributed by atoms with van der Waals surface area (Å²) in [7, 11) is 5.25. The van der Waals surface area contributed by atoms with Crippen LogP contribution in [0.2, 0.25) is 0 Å². The van der Waals surface area contributed by atoms with Gasteiger partial charge in [0.25, 0.3) is 0 Å². The van der Waals surface area contributed by atoms with Crippen molar-refractivity contribution in [3.63, 3.8) is 0 Å². The van der Waals surface area contributed by atoms with Crippen LogP contribution in [0.3, 0.4) is 0 Å². The maximum absolute atomic E-state index is 5.43. The summed E-state index contributed by atoms with van der Waals surface area (Å²) in [5, 5.41) is 7.14. The highest BCUT2D eigenvalue weighted by atomic mass is 16.5. The lowest BCUT2D eigenvalue weighted by atomic mass is 9.92. The van der Waals surface area contributed by atoms with Crippen molar-refractivity contribution < 1.29 is 9.47 Å². The zero-order valence-electron chi connectivity index (χ0n) is 20.7. The smallest absolute Gasteiger partial charge is 0.191 e. The molecule has 0 aliphatic carbocycles. The van der Waals surface area contributed by atoms with Crippen LogP contribution in [0.15, 0.2) is 23.2 Å². The fourth-order valence-corrected chi connectivity index (χ4v) is 5.13. The second-order valence-corrected chi connectivity index (χ2v) is 9.53. The summed E-state index contributed by atoms with van der Waals surface area (Å²) < 4.78 is 10.9. The van der Waals surface area contributed by atoms with Crippen LogP contribution in [0, 0.1) is 11.8 Å². The number of hydrogen-bond donors (Lipinski definition) is 2.